The molecule has 0 aromatic heterocycles. The quantitative estimate of drug-likeness (QED) is 0.675. The first-order valence-corrected chi connectivity index (χ1v) is 6.79. The van der Waals surface area contributed by atoms with Crippen molar-refractivity contribution in [3.63, 3.8) is 0 Å². The number of carbonyl (C=O) groups is 2. The van der Waals surface area contributed by atoms with Gasteiger partial charge in [-0.1, -0.05) is 0 Å². The topological polar surface area (TPSA) is 64.6 Å². The highest BCUT2D eigenvalue weighted by Gasteiger charge is 2.30. The Bertz CT molecular complexity index is 800. The monoisotopic (exact) mass is 337 g/mol. The number of halogens is 3. The first kappa shape index (κ1) is 15.9. The molecular weight excluding hydrogens is 327 g/mol. The molecule has 1 aliphatic heterocycles. The van der Waals surface area contributed by atoms with E-state index < -0.39 is 17.7 Å². The van der Waals surface area contributed by atoms with Crippen LogP contribution in [0.4, 0.5) is 18.9 Å². The molecule has 24 heavy (non-hydrogen) atoms. The van der Waals surface area contributed by atoms with Crippen molar-refractivity contribution < 1.29 is 32.2 Å². The average molecular weight is 337 g/mol. The second kappa shape index (κ2) is 5.88. The number of carbonyl (C=O) groups excluding carboxylic acids is 2. The van der Waals surface area contributed by atoms with Gasteiger partial charge in [-0.3, -0.25) is 4.79 Å². The van der Waals surface area contributed by atoms with Gasteiger partial charge in [0.05, 0.1) is 16.8 Å². The summed E-state index contributed by atoms with van der Waals surface area (Å²) in [6.07, 6.45) is -4.47. The number of hydrogen-bond acceptors (Lipinski definition) is 4. The van der Waals surface area contributed by atoms with Crippen LogP contribution in [-0.4, -0.2) is 18.5 Å². The molecule has 0 saturated carbocycles. The zero-order valence-electron chi connectivity index (χ0n) is 12.0. The van der Waals surface area contributed by atoms with Gasteiger partial charge in [-0.15, -0.1) is 0 Å². The first-order chi connectivity index (χ1) is 11.3. The fraction of sp³-hybridized carbons (Fsp3) is 0.125. The number of rotatable bonds is 2. The van der Waals surface area contributed by atoms with E-state index in [-0.39, 0.29) is 23.8 Å². The minimum Gasteiger partial charge on any atom is -0.481 e. The summed E-state index contributed by atoms with van der Waals surface area (Å²) in [6.45, 7) is -0.149. The molecule has 0 bridgehead atoms. The molecule has 2 aromatic rings. The van der Waals surface area contributed by atoms with Crippen LogP contribution in [0.2, 0.25) is 0 Å². The summed E-state index contributed by atoms with van der Waals surface area (Å²) in [6, 6.07) is 8.05. The van der Waals surface area contributed by atoms with Crippen LogP contribution >= 0.6 is 0 Å². The van der Waals surface area contributed by atoms with Gasteiger partial charge in [-0.25, -0.2) is 4.79 Å². The van der Waals surface area contributed by atoms with Crippen molar-refractivity contribution in [2.24, 2.45) is 0 Å². The lowest BCUT2D eigenvalue weighted by molar-refractivity contribution is -0.137. The second-order valence-electron chi connectivity index (χ2n) is 4.96. The molecule has 1 amide bonds. The molecule has 0 unspecified atom stereocenters. The van der Waals surface area contributed by atoms with E-state index in [1.807, 2.05) is 0 Å². The molecule has 8 heteroatoms. The van der Waals surface area contributed by atoms with Crippen molar-refractivity contribution >= 4 is 17.6 Å². The zero-order valence-corrected chi connectivity index (χ0v) is 12.0. The molecule has 1 heterocycles. The number of esters is 1. The van der Waals surface area contributed by atoms with E-state index in [1.54, 1.807) is 0 Å². The molecule has 0 radical (unpaired) electrons. The maximum Gasteiger partial charge on any atom is 0.416 e. The van der Waals surface area contributed by atoms with Gasteiger partial charge < -0.3 is 14.8 Å². The number of hydrogen-bond donors (Lipinski definition) is 1. The number of anilines is 1. The summed E-state index contributed by atoms with van der Waals surface area (Å²) >= 11 is 0. The van der Waals surface area contributed by atoms with Crippen LogP contribution in [0.3, 0.4) is 0 Å². The Morgan fingerprint density at radius 3 is 2.50 bits per heavy atom. The van der Waals surface area contributed by atoms with Gasteiger partial charge in [-0.05, 0) is 36.4 Å². The summed E-state index contributed by atoms with van der Waals surface area (Å²) in [4.78, 5) is 23.2. The first-order valence-electron chi connectivity index (χ1n) is 6.79. The van der Waals surface area contributed by atoms with Crippen molar-refractivity contribution in [1.82, 2.24) is 0 Å². The Balaban J connectivity index is 1.74. The van der Waals surface area contributed by atoms with Crippen LogP contribution in [0.15, 0.2) is 42.5 Å². The smallest absolute Gasteiger partial charge is 0.416 e. The predicted molar refractivity (Wildman–Crippen MR) is 77.0 cm³/mol. The van der Waals surface area contributed by atoms with E-state index in [0.717, 1.165) is 24.3 Å². The zero-order chi connectivity index (χ0) is 17.3. The van der Waals surface area contributed by atoms with E-state index in [2.05, 4.69) is 5.32 Å². The van der Waals surface area contributed by atoms with E-state index in [4.69, 9.17) is 9.47 Å². The summed E-state index contributed by atoms with van der Waals surface area (Å²) in [5.41, 5.74) is -0.424. The van der Waals surface area contributed by atoms with E-state index in [1.165, 1.54) is 18.2 Å². The number of ether oxygens (including phenoxy) is 2. The molecule has 1 N–H and O–H groups in total. The number of alkyl halides is 3. The fourth-order valence-electron chi connectivity index (χ4n) is 2.08. The van der Waals surface area contributed by atoms with Crippen molar-refractivity contribution in [3.8, 4) is 11.5 Å². The second-order valence-corrected chi connectivity index (χ2v) is 4.96. The van der Waals surface area contributed by atoms with Crippen LogP contribution in [0, 0.1) is 0 Å². The Kier molecular flexibility index (Phi) is 3.88. The molecule has 3 rings (SSSR count). The Morgan fingerprint density at radius 2 is 1.83 bits per heavy atom. The maximum absolute atomic E-state index is 12.5. The van der Waals surface area contributed by atoms with Crippen LogP contribution < -0.4 is 14.8 Å². The van der Waals surface area contributed by atoms with Crippen molar-refractivity contribution in [2.75, 3.05) is 11.9 Å². The van der Waals surface area contributed by atoms with Gasteiger partial charge in [0.25, 0.3) is 5.91 Å². The number of nitrogens with one attached hydrogen (secondary N) is 1. The normalized spacial score (nSPS) is 13.5. The lowest BCUT2D eigenvalue weighted by atomic mass is 10.1. The van der Waals surface area contributed by atoms with Gasteiger partial charge in [0.1, 0.15) is 11.5 Å². The minimum absolute atomic E-state index is 0.0186. The standard InChI is InChI=1S/C16H10F3NO4/c17-16(18,19)10-3-1-9(2-4-10)15(22)24-11-5-6-12-13(7-11)23-8-14(21)20-12/h1-7H,8H2,(H,20,21). The molecule has 2 aromatic carbocycles. The maximum atomic E-state index is 12.5. The van der Waals surface area contributed by atoms with E-state index in [9.17, 15) is 22.8 Å². The number of amides is 1. The molecule has 0 atom stereocenters. The summed E-state index contributed by atoms with van der Waals surface area (Å²) in [5, 5.41) is 2.58. The third kappa shape index (κ3) is 3.32. The van der Waals surface area contributed by atoms with Gasteiger partial charge >= 0.3 is 12.1 Å². The summed E-state index contributed by atoms with van der Waals surface area (Å²) < 4.78 is 47.8. The van der Waals surface area contributed by atoms with Crippen molar-refractivity contribution in [1.29, 1.82) is 0 Å². The van der Waals surface area contributed by atoms with E-state index >= 15 is 0 Å². The average Bonchev–Trinajstić information content (AvgIpc) is 2.54. The van der Waals surface area contributed by atoms with Crippen molar-refractivity contribution in [2.45, 2.75) is 6.18 Å². The van der Waals surface area contributed by atoms with Gasteiger partial charge in [0.2, 0.25) is 0 Å². The van der Waals surface area contributed by atoms with Gasteiger partial charge in [0, 0.05) is 6.07 Å². The van der Waals surface area contributed by atoms with Crippen molar-refractivity contribution in [3.05, 3.63) is 53.6 Å². The largest absolute Gasteiger partial charge is 0.481 e. The van der Waals surface area contributed by atoms with E-state index in [0.29, 0.717) is 11.4 Å². The molecule has 124 valence electrons. The number of fused-ring (bicyclic) bond motifs is 1. The highest BCUT2D eigenvalue weighted by molar-refractivity contribution is 5.96. The summed E-state index contributed by atoms with van der Waals surface area (Å²) in [5.74, 6) is -0.609. The molecule has 0 aliphatic carbocycles. The van der Waals surface area contributed by atoms with Crippen LogP contribution in [0.1, 0.15) is 15.9 Å². The van der Waals surface area contributed by atoms with Gasteiger partial charge in [-0.2, -0.15) is 13.2 Å². The predicted octanol–water partition coefficient (Wildman–Crippen LogP) is 3.26. The lowest BCUT2D eigenvalue weighted by Crippen LogP contribution is -2.25. The molecule has 1 aliphatic rings. The van der Waals surface area contributed by atoms with Crippen LogP contribution in [0.5, 0.6) is 11.5 Å². The molecule has 0 saturated heterocycles. The minimum atomic E-state index is -4.47. The van der Waals surface area contributed by atoms with Crippen LogP contribution in [-0.2, 0) is 11.0 Å². The third-order valence-corrected chi connectivity index (χ3v) is 3.24. The highest BCUT2D eigenvalue weighted by atomic mass is 19.4. The summed E-state index contributed by atoms with van der Waals surface area (Å²) in [7, 11) is 0. The lowest BCUT2D eigenvalue weighted by Gasteiger charge is -2.18. The Hall–Kier alpha value is -3.03. The molecule has 5 nitrogen and oxygen atoms in total. The highest BCUT2D eigenvalue weighted by Crippen LogP contribution is 2.32. The Morgan fingerprint density at radius 1 is 1.12 bits per heavy atom. The van der Waals surface area contributed by atoms with Gasteiger partial charge in [0.15, 0.2) is 6.61 Å². The number of benzene rings is 2. The third-order valence-electron chi connectivity index (χ3n) is 3.24. The van der Waals surface area contributed by atoms with Crippen LogP contribution in [0.25, 0.3) is 0 Å². The SMILES string of the molecule is O=C1COc2cc(OC(=O)c3ccc(C(F)(F)F)cc3)ccc2N1. The molecule has 0 fully saturated rings. The molecular formula is C16H10F3NO4. The Labute approximate surface area is 134 Å². The fourth-order valence-corrected chi connectivity index (χ4v) is 2.08. The molecule has 0 spiro atoms.